The minimum absolute atomic E-state index is 0.142. The van der Waals surface area contributed by atoms with Crippen molar-refractivity contribution in [1.82, 2.24) is 10.3 Å². The van der Waals surface area contributed by atoms with Gasteiger partial charge in [-0.05, 0) is 31.5 Å². The third kappa shape index (κ3) is 3.80. The normalized spacial score (nSPS) is 12.4. The first-order chi connectivity index (χ1) is 7.27. The molecule has 1 aromatic heterocycles. The van der Waals surface area contributed by atoms with Crippen molar-refractivity contribution in [2.45, 2.75) is 25.8 Å². The second-order valence-corrected chi connectivity index (χ2v) is 3.43. The SMILES string of the molecule is C=CCC(NCCC)c1ccc(F)cn1. The number of rotatable bonds is 6. The molecule has 0 bridgehead atoms. The predicted octanol–water partition coefficient (Wildman–Crippen LogP) is 2.84. The minimum atomic E-state index is -0.299. The van der Waals surface area contributed by atoms with Crippen LogP contribution in [0.4, 0.5) is 4.39 Å². The van der Waals surface area contributed by atoms with Crippen LogP contribution in [-0.2, 0) is 0 Å². The van der Waals surface area contributed by atoms with Gasteiger partial charge in [-0.1, -0.05) is 13.0 Å². The highest BCUT2D eigenvalue weighted by Gasteiger charge is 2.09. The van der Waals surface area contributed by atoms with Crippen LogP contribution in [0.25, 0.3) is 0 Å². The molecule has 0 saturated heterocycles. The monoisotopic (exact) mass is 208 g/mol. The molecule has 1 aromatic rings. The molecule has 0 radical (unpaired) electrons. The number of hydrogen-bond donors (Lipinski definition) is 1. The van der Waals surface area contributed by atoms with Gasteiger partial charge in [-0.25, -0.2) is 4.39 Å². The zero-order chi connectivity index (χ0) is 11.1. The summed E-state index contributed by atoms with van der Waals surface area (Å²) in [5.41, 5.74) is 0.866. The van der Waals surface area contributed by atoms with Gasteiger partial charge in [0.2, 0.25) is 0 Å². The van der Waals surface area contributed by atoms with Gasteiger partial charge in [0, 0.05) is 0 Å². The molecule has 1 rings (SSSR count). The molecule has 0 aliphatic rings. The topological polar surface area (TPSA) is 24.9 Å². The minimum Gasteiger partial charge on any atom is -0.308 e. The average Bonchev–Trinajstić information content (AvgIpc) is 2.25. The van der Waals surface area contributed by atoms with Gasteiger partial charge >= 0.3 is 0 Å². The Morgan fingerprint density at radius 2 is 2.40 bits per heavy atom. The number of hydrogen-bond acceptors (Lipinski definition) is 2. The van der Waals surface area contributed by atoms with Crippen molar-refractivity contribution in [3.63, 3.8) is 0 Å². The van der Waals surface area contributed by atoms with E-state index in [1.165, 1.54) is 12.3 Å². The maximum absolute atomic E-state index is 12.7. The van der Waals surface area contributed by atoms with Crippen LogP contribution in [0, 0.1) is 5.82 Å². The van der Waals surface area contributed by atoms with Crippen molar-refractivity contribution in [2.24, 2.45) is 0 Å². The summed E-state index contributed by atoms with van der Waals surface area (Å²) in [5.74, 6) is -0.299. The number of halogens is 1. The van der Waals surface area contributed by atoms with Crippen LogP contribution in [0.3, 0.4) is 0 Å². The summed E-state index contributed by atoms with van der Waals surface area (Å²) in [7, 11) is 0. The van der Waals surface area contributed by atoms with Gasteiger partial charge in [-0.2, -0.15) is 0 Å². The van der Waals surface area contributed by atoms with E-state index in [0.29, 0.717) is 0 Å². The van der Waals surface area contributed by atoms with E-state index in [-0.39, 0.29) is 11.9 Å². The Morgan fingerprint density at radius 3 is 2.93 bits per heavy atom. The second kappa shape index (κ2) is 6.30. The molecule has 1 unspecified atom stereocenters. The third-order valence-electron chi connectivity index (χ3n) is 2.15. The third-order valence-corrected chi connectivity index (χ3v) is 2.15. The lowest BCUT2D eigenvalue weighted by Gasteiger charge is -2.15. The first-order valence-electron chi connectivity index (χ1n) is 5.23. The van der Waals surface area contributed by atoms with Crippen LogP contribution >= 0.6 is 0 Å². The van der Waals surface area contributed by atoms with Crippen molar-refractivity contribution < 1.29 is 4.39 Å². The summed E-state index contributed by atoms with van der Waals surface area (Å²) < 4.78 is 12.7. The Hall–Kier alpha value is -1.22. The number of pyridine rings is 1. The van der Waals surface area contributed by atoms with Gasteiger partial charge in [0.25, 0.3) is 0 Å². The second-order valence-electron chi connectivity index (χ2n) is 3.43. The highest BCUT2D eigenvalue weighted by atomic mass is 19.1. The van der Waals surface area contributed by atoms with Gasteiger partial charge in [0.05, 0.1) is 17.9 Å². The molecule has 1 heterocycles. The Morgan fingerprint density at radius 1 is 1.60 bits per heavy atom. The molecule has 0 saturated carbocycles. The van der Waals surface area contributed by atoms with Crippen LogP contribution < -0.4 is 5.32 Å². The first-order valence-corrected chi connectivity index (χ1v) is 5.23. The molecule has 0 aromatic carbocycles. The molecule has 1 N–H and O–H groups in total. The van der Waals surface area contributed by atoms with Gasteiger partial charge in [0.15, 0.2) is 0 Å². The first kappa shape index (κ1) is 11.9. The molecule has 82 valence electrons. The van der Waals surface area contributed by atoms with Crippen LogP contribution in [0.5, 0.6) is 0 Å². The van der Waals surface area contributed by atoms with E-state index < -0.39 is 0 Å². The molecular formula is C12H17FN2. The molecule has 0 spiro atoms. The molecule has 3 heteroatoms. The molecule has 0 amide bonds. The quantitative estimate of drug-likeness (QED) is 0.727. The lowest BCUT2D eigenvalue weighted by atomic mass is 10.1. The van der Waals surface area contributed by atoms with Crippen LogP contribution in [0.2, 0.25) is 0 Å². The van der Waals surface area contributed by atoms with Gasteiger partial charge in [-0.3, -0.25) is 4.98 Å². The fraction of sp³-hybridized carbons (Fsp3) is 0.417. The highest BCUT2D eigenvalue weighted by molar-refractivity contribution is 5.10. The molecule has 1 atom stereocenters. The molecular weight excluding hydrogens is 191 g/mol. The van der Waals surface area contributed by atoms with Crippen LogP contribution in [0.15, 0.2) is 31.0 Å². The van der Waals surface area contributed by atoms with Crippen molar-refractivity contribution in [3.05, 3.63) is 42.5 Å². The maximum atomic E-state index is 12.7. The summed E-state index contributed by atoms with van der Waals surface area (Å²) >= 11 is 0. The van der Waals surface area contributed by atoms with E-state index in [1.54, 1.807) is 6.07 Å². The van der Waals surface area contributed by atoms with Gasteiger partial charge in [-0.15, -0.1) is 6.58 Å². The average molecular weight is 208 g/mol. The smallest absolute Gasteiger partial charge is 0.141 e. The molecule has 0 aliphatic heterocycles. The standard InChI is InChI=1S/C12H17FN2/c1-3-5-11(14-8-4-2)12-7-6-10(13)9-15-12/h3,6-7,9,11,14H,1,4-5,8H2,2H3. The van der Waals surface area contributed by atoms with E-state index in [0.717, 1.165) is 25.1 Å². The van der Waals surface area contributed by atoms with E-state index in [9.17, 15) is 4.39 Å². The number of nitrogens with zero attached hydrogens (tertiary/aromatic N) is 1. The summed E-state index contributed by atoms with van der Waals surface area (Å²) in [6, 6.07) is 3.29. The van der Waals surface area contributed by atoms with E-state index in [2.05, 4.69) is 23.8 Å². The van der Waals surface area contributed by atoms with E-state index in [1.807, 2.05) is 6.08 Å². The number of aromatic nitrogens is 1. The Labute approximate surface area is 90.2 Å². The lowest BCUT2D eigenvalue weighted by Crippen LogP contribution is -2.22. The molecule has 0 aliphatic carbocycles. The fourth-order valence-corrected chi connectivity index (χ4v) is 1.39. The van der Waals surface area contributed by atoms with Crippen molar-refractivity contribution in [2.75, 3.05) is 6.54 Å². The summed E-state index contributed by atoms with van der Waals surface area (Å²) in [4.78, 5) is 4.06. The fourth-order valence-electron chi connectivity index (χ4n) is 1.39. The van der Waals surface area contributed by atoms with Crippen molar-refractivity contribution in [3.8, 4) is 0 Å². The Balaban J connectivity index is 2.69. The van der Waals surface area contributed by atoms with Crippen LogP contribution in [0.1, 0.15) is 31.5 Å². The van der Waals surface area contributed by atoms with Gasteiger partial charge < -0.3 is 5.32 Å². The lowest BCUT2D eigenvalue weighted by molar-refractivity contribution is 0.521. The molecule has 0 fully saturated rings. The highest BCUT2D eigenvalue weighted by Crippen LogP contribution is 2.14. The predicted molar refractivity (Wildman–Crippen MR) is 60.0 cm³/mol. The largest absolute Gasteiger partial charge is 0.308 e. The Kier molecular flexibility index (Phi) is 4.98. The zero-order valence-corrected chi connectivity index (χ0v) is 9.04. The molecule has 15 heavy (non-hydrogen) atoms. The molecule has 2 nitrogen and oxygen atoms in total. The summed E-state index contributed by atoms with van der Waals surface area (Å²) in [6.07, 6.45) is 4.96. The van der Waals surface area contributed by atoms with E-state index >= 15 is 0 Å². The van der Waals surface area contributed by atoms with E-state index in [4.69, 9.17) is 0 Å². The Bertz CT molecular complexity index is 295. The zero-order valence-electron chi connectivity index (χ0n) is 9.04. The van der Waals surface area contributed by atoms with Crippen LogP contribution in [-0.4, -0.2) is 11.5 Å². The van der Waals surface area contributed by atoms with Crippen molar-refractivity contribution in [1.29, 1.82) is 0 Å². The number of nitrogens with one attached hydrogen (secondary N) is 1. The van der Waals surface area contributed by atoms with Crippen molar-refractivity contribution >= 4 is 0 Å². The summed E-state index contributed by atoms with van der Waals surface area (Å²) in [5, 5.41) is 3.35. The summed E-state index contributed by atoms with van der Waals surface area (Å²) in [6.45, 7) is 6.75. The maximum Gasteiger partial charge on any atom is 0.141 e. The van der Waals surface area contributed by atoms with Gasteiger partial charge in [0.1, 0.15) is 5.82 Å².